The van der Waals surface area contributed by atoms with Crippen molar-refractivity contribution in [1.82, 2.24) is 4.90 Å². The summed E-state index contributed by atoms with van der Waals surface area (Å²) in [6.45, 7) is 5.35. The van der Waals surface area contributed by atoms with Gasteiger partial charge in [-0.3, -0.25) is 9.59 Å². The first-order valence-electron chi connectivity index (χ1n) is 6.69. The summed E-state index contributed by atoms with van der Waals surface area (Å²) < 4.78 is 5.45. The molecule has 1 aliphatic heterocycles. The molecule has 0 aliphatic carbocycles. The van der Waals surface area contributed by atoms with Crippen molar-refractivity contribution in [2.75, 3.05) is 19.7 Å². The van der Waals surface area contributed by atoms with Gasteiger partial charge in [0.05, 0.1) is 5.92 Å². The summed E-state index contributed by atoms with van der Waals surface area (Å²) in [5, 5.41) is 8.98. The third-order valence-electron chi connectivity index (χ3n) is 3.30. The lowest BCUT2D eigenvalue weighted by atomic mass is 9.98. The van der Waals surface area contributed by atoms with Gasteiger partial charge in [-0.25, -0.2) is 0 Å². The Morgan fingerprint density at radius 3 is 2.83 bits per heavy atom. The average molecular weight is 257 g/mol. The summed E-state index contributed by atoms with van der Waals surface area (Å²) in [5.41, 5.74) is 0. The fourth-order valence-corrected chi connectivity index (χ4v) is 2.11. The summed E-state index contributed by atoms with van der Waals surface area (Å²) in [7, 11) is 0. The highest BCUT2D eigenvalue weighted by Gasteiger charge is 2.30. The van der Waals surface area contributed by atoms with E-state index >= 15 is 0 Å². The Balaban J connectivity index is 2.42. The standard InChI is InChI=1S/C13H23NO4/c1-3-4-8-18-10(2)12(15)14-7-5-6-11(9-14)13(16)17/h10-11H,3-9H2,1-2H3,(H,16,17)/t10-,11-/m0/s1. The molecule has 0 saturated carbocycles. The predicted octanol–water partition coefficient (Wildman–Crippen LogP) is 1.51. The Morgan fingerprint density at radius 1 is 1.50 bits per heavy atom. The quantitative estimate of drug-likeness (QED) is 0.732. The topological polar surface area (TPSA) is 66.8 Å². The lowest BCUT2D eigenvalue weighted by molar-refractivity contribution is -0.150. The molecular formula is C13H23NO4. The third-order valence-corrected chi connectivity index (χ3v) is 3.30. The lowest BCUT2D eigenvalue weighted by Gasteiger charge is -2.32. The smallest absolute Gasteiger partial charge is 0.308 e. The molecule has 1 N–H and O–H groups in total. The van der Waals surface area contributed by atoms with Crippen LogP contribution in [0.1, 0.15) is 39.5 Å². The predicted molar refractivity (Wildman–Crippen MR) is 67.3 cm³/mol. The number of amides is 1. The van der Waals surface area contributed by atoms with Gasteiger partial charge < -0.3 is 14.7 Å². The first-order valence-corrected chi connectivity index (χ1v) is 6.69. The van der Waals surface area contributed by atoms with Gasteiger partial charge in [0.2, 0.25) is 0 Å². The van der Waals surface area contributed by atoms with E-state index in [9.17, 15) is 9.59 Å². The maximum Gasteiger partial charge on any atom is 0.308 e. The number of carboxylic acids is 1. The van der Waals surface area contributed by atoms with Crippen LogP contribution in [0.25, 0.3) is 0 Å². The Hall–Kier alpha value is -1.10. The Labute approximate surface area is 108 Å². The SMILES string of the molecule is CCCCO[C@@H](C)C(=O)N1CCC[C@H](C(=O)O)C1. The van der Waals surface area contributed by atoms with E-state index in [2.05, 4.69) is 6.92 Å². The van der Waals surface area contributed by atoms with Gasteiger partial charge in [-0.1, -0.05) is 13.3 Å². The molecule has 0 aromatic carbocycles. The number of unbranched alkanes of at least 4 members (excludes halogenated alkanes) is 1. The molecule has 5 nitrogen and oxygen atoms in total. The number of rotatable bonds is 6. The van der Waals surface area contributed by atoms with Gasteiger partial charge in [0.25, 0.3) is 5.91 Å². The largest absolute Gasteiger partial charge is 0.481 e. The van der Waals surface area contributed by atoms with Crippen molar-refractivity contribution in [2.24, 2.45) is 5.92 Å². The van der Waals surface area contributed by atoms with E-state index in [0.717, 1.165) is 19.3 Å². The zero-order valence-electron chi connectivity index (χ0n) is 11.2. The minimum Gasteiger partial charge on any atom is -0.481 e. The highest BCUT2D eigenvalue weighted by atomic mass is 16.5. The van der Waals surface area contributed by atoms with E-state index in [1.807, 2.05) is 0 Å². The highest BCUT2D eigenvalue weighted by Crippen LogP contribution is 2.17. The lowest BCUT2D eigenvalue weighted by Crippen LogP contribution is -2.46. The van der Waals surface area contributed by atoms with E-state index in [1.54, 1.807) is 11.8 Å². The summed E-state index contributed by atoms with van der Waals surface area (Å²) in [5.74, 6) is -1.32. The molecule has 1 fully saturated rings. The molecule has 1 heterocycles. The van der Waals surface area contributed by atoms with Crippen molar-refractivity contribution in [3.8, 4) is 0 Å². The first kappa shape index (κ1) is 15.0. The molecule has 2 atom stereocenters. The second-order valence-corrected chi connectivity index (χ2v) is 4.83. The molecule has 0 spiro atoms. The van der Waals surface area contributed by atoms with Crippen LogP contribution in [0.15, 0.2) is 0 Å². The van der Waals surface area contributed by atoms with Crippen molar-refractivity contribution in [2.45, 2.75) is 45.6 Å². The Morgan fingerprint density at radius 2 is 2.22 bits per heavy atom. The van der Waals surface area contributed by atoms with Gasteiger partial charge in [0.15, 0.2) is 0 Å². The summed E-state index contributed by atoms with van der Waals surface area (Å²) in [6, 6.07) is 0. The maximum absolute atomic E-state index is 12.1. The number of hydrogen-bond donors (Lipinski definition) is 1. The van der Waals surface area contributed by atoms with Crippen LogP contribution in [0.5, 0.6) is 0 Å². The van der Waals surface area contributed by atoms with Crippen molar-refractivity contribution < 1.29 is 19.4 Å². The van der Waals surface area contributed by atoms with Crippen molar-refractivity contribution in [1.29, 1.82) is 0 Å². The molecule has 0 radical (unpaired) electrons. The van der Waals surface area contributed by atoms with Crippen LogP contribution in [0.4, 0.5) is 0 Å². The minimum absolute atomic E-state index is 0.0861. The van der Waals surface area contributed by atoms with Crippen molar-refractivity contribution in [3.05, 3.63) is 0 Å². The van der Waals surface area contributed by atoms with E-state index in [-0.39, 0.29) is 5.91 Å². The number of aliphatic carboxylic acids is 1. The zero-order valence-corrected chi connectivity index (χ0v) is 11.2. The normalized spacial score (nSPS) is 21.7. The number of carboxylic acid groups (broad SMARTS) is 1. The minimum atomic E-state index is -0.813. The number of likely N-dealkylation sites (tertiary alicyclic amines) is 1. The Bertz CT molecular complexity index is 293. The molecule has 1 aliphatic rings. The van der Waals surface area contributed by atoms with E-state index in [1.165, 1.54) is 0 Å². The molecule has 1 saturated heterocycles. The van der Waals surface area contributed by atoms with Crippen LogP contribution in [-0.4, -0.2) is 47.7 Å². The molecule has 1 rings (SSSR count). The van der Waals surface area contributed by atoms with Crippen molar-refractivity contribution in [3.63, 3.8) is 0 Å². The molecule has 0 aromatic rings. The van der Waals surface area contributed by atoms with Gasteiger partial charge >= 0.3 is 5.97 Å². The van der Waals surface area contributed by atoms with Gasteiger partial charge in [0.1, 0.15) is 6.10 Å². The Kier molecular flexibility index (Phi) is 6.12. The van der Waals surface area contributed by atoms with Gasteiger partial charge in [0, 0.05) is 19.7 Å². The highest BCUT2D eigenvalue weighted by molar-refractivity contribution is 5.81. The second-order valence-electron chi connectivity index (χ2n) is 4.83. The molecular weight excluding hydrogens is 234 g/mol. The van der Waals surface area contributed by atoms with Crippen LogP contribution in [0.2, 0.25) is 0 Å². The van der Waals surface area contributed by atoms with Gasteiger partial charge in [-0.2, -0.15) is 0 Å². The number of carbonyl (C=O) groups is 2. The molecule has 5 heteroatoms. The molecule has 18 heavy (non-hydrogen) atoms. The van der Waals surface area contributed by atoms with Gasteiger partial charge in [-0.05, 0) is 26.2 Å². The number of hydrogen-bond acceptors (Lipinski definition) is 3. The molecule has 0 unspecified atom stereocenters. The van der Waals surface area contributed by atoms with Gasteiger partial charge in [-0.15, -0.1) is 0 Å². The van der Waals surface area contributed by atoms with Crippen LogP contribution >= 0.6 is 0 Å². The fourth-order valence-electron chi connectivity index (χ4n) is 2.11. The van der Waals surface area contributed by atoms with E-state index in [0.29, 0.717) is 26.1 Å². The molecule has 104 valence electrons. The molecule has 0 aromatic heterocycles. The maximum atomic E-state index is 12.1. The molecule has 0 bridgehead atoms. The number of carbonyl (C=O) groups excluding carboxylic acids is 1. The third kappa shape index (κ3) is 4.29. The molecule has 1 amide bonds. The summed E-state index contributed by atoms with van der Waals surface area (Å²) in [4.78, 5) is 24.6. The first-order chi connectivity index (χ1) is 8.56. The average Bonchev–Trinajstić information content (AvgIpc) is 2.38. The summed E-state index contributed by atoms with van der Waals surface area (Å²) >= 11 is 0. The van der Waals surface area contributed by atoms with Crippen LogP contribution in [0.3, 0.4) is 0 Å². The summed E-state index contributed by atoms with van der Waals surface area (Å²) in [6.07, 6.45) is 2.92. The van der Waals surface area contributed by atoms with Crippen LogP contribution in [0, 0.1) is 5.92 Å². The second kappa shape index (κ2) is 7.36. The van der Waals surface area contributed by atoms with E-state index < -0.39 is 18.0 Å². The van der Waals surface area contributed by atoms with Crippen LogP contribution < -0.4 is 0 Å². The number of nitrogens with zero attached hydrogens (tertiary/aromatic N) is 1. The number of piperidine rings is 1. The van der Waals surface area contributed by atoms with Crippen LogP contribution in [-0.2, 0) is 14.3 Å². The van der Waals surface area contributed by atoms with E-state index in [4.69, 9.17) is 9.84 Å². The number of ether oxygens (including phenoxy) is 1. The fraction of sp³-hybridized carbons (Fsp3) is 0.846. The monoisotopic (exact) mass is 257 g/mol. The van der Waals surface area contributed by atoms with Crippen molar-refractivity contribution >= 4 is 11.9 Å². The zero-order chi connectivity index (χ0) is 13.5.